The summed E-state index contributed by atoms with van der Waals surface area (Å²) < 4.78 is 47.3. The number of carbonyl (C=O) groups is 2. The van der Waals surface area contributed by atoms with E-state index in [4.69, 9.17) is 16.6 Å². The van der Waals surface area contributed by atoms with E-state index in [0.717, 1.165) is 33.5 Å². The molecule has 0 aliphatic carbocycles. The number of nitro groups is 1. The van der Waals surface area contributed by atoms with Gasteiger partial charge in [-0.2, -0.15) is 4.39 Å². The largest absolute Gasteiger partial charge is 0.465 e. The molecule has 5 N–H and O–H groups in total. The number of aliphatic hydroxyl groups excluding tert-OH is 1. The van der Waals surface area contributed by atoms with Gasteiger partial charge in [-0.25, -0.2) is 18.4 Å². The highest BCUT2D eigenvalue weighted by Crippen LogP contribution is 2.22. The highest BCUT2D eigenvalue weighted by Gasteiger charge is 2.22. The average molecular weight is 433 g/mol. The Hall–Kier alpha value is -3.87. The monoisotopic (exact) mass is 433 g/mol. The number of anilines is 2. The molecule has 30 heavy (non-hydrogen) atoms. The molecule has 13 heteroatoms. The first-order chi connectivity index (χ1) is 14.0. The first-order valence-corrected chi connectivity index (χ1v) is 7.62. The molecule has 0 aliphatic heterocycles. The normalized spacial score (nSPS) is 9.30. The maximum atomic E-state index is 13.0. The highest BCUT2D eigenvalue weighted by molar-refractivity contribution is 5.92. The molecule has 10 nitrogen and oxygen atoms in total. The maximum absolute atomic E-state index is 13.0. The summed E-state index contributed by atoms with van der Waals surface area (Å²) in [5, 5.41) is 17.3. The molecule has 0 heterocycles. The van der Waals surface area contributed by atoms with Gasteiger partial charge in [0.25, 0.3) is 0 Å². The van der Waals surface area contributed by atoms with Crippen molar-refractivity contribution in [2.75, 3.05) is 32.8 Å². The van der Waals surface area contributed by atoms with Gasteiger partial charge in [-0.15, -0.1) is 0 Å². The number of esters is 2. The van der Waals surface area contributed by atoms with Crippen LogP contribution in [0.1, 0.15) is 20.7 Å². The minimum atomic E-state index is -1.34. The van der Waals surface area contributed by atoms with E-state index in [-0.39, 0.29) is 23.0 Å². The van der Waals surface area contributed by atoms with E-state index >= 15 is 0 Å². The molecular formula is C17H18F3N3O7. The van der Waals surface area contributed by atoms with E-state index in [0.29, 0.717) is 6.07 Å². The maximum Gasteiger partial charge on any atom is 0.341 e. The van der Waals surface area contributed by atoms with Crippen molar-refractivity contribution in [2.45, 2.75) is 0 Å². The van der Waals surface area contributed by atoms with Crippen LogP contribution in [0, 0.1) is 27.6 Å². The Labute approximate surface area is 167 Å². The van der Waals surface area contributed by atoms with Gasteiger partial charge in [-0.05, 0) is 12.1 Å². The number of ether oxygens (including phenoxy) is 2. The summed E-state index contributed by atoms with van der Waals surface area (Å²) in [6.07, 6.45) is 0. The van der Waals surface area contributed by atoms with Crippen molar-refractivity contribution in [1.82, 2.24) is 0 Å². The topological polar surface area (TPSA) is 168 Å². The lowest BCUT2D eigenvalue weighted by atomic mass is 10.1. The molecule has 2 aromatic carbocycles. The summed E-state index contributed by atoms with van der Waals surface area (Å²) >= 11 is 0. The van der Waals surface area contributed by atoms with Crippen LogP contribution in [-0.4, -0.2) is 43.3 Å². The quantitative estimate of drug-likeness (QED) is 0.284. The predicted molar refractivity (Wildman–Crippen MR) is 99.1 cm³/mol. The first-order valence-electron chi connectivity index (χ1n) is 7.62. The summed E-state index contributed by atoms with van der Waals surface area (Å²) in [5.41, 5.74) is 9.09. The molecular weight excluding hydrogens is 415 g/mol. The van der Waals surface area contributed by atoms with Crippen molar-refractivity contribution in [3.63, 3.8) is 0 Å². The van der Waals surface area contributed by atoms with E-state index in [9.17, 15) is 32.9 Å². The molecule has 0 atom stereocenters. The van der Waals surface area contributed by atoms with E-state index in [1.165, 1.54) is 0 Å². The van der Waals surface area contributed by atoms with Crippen molar-refractivity contribution in [1.29, 1.82) is 0 Å². The van der Waals surface area contributed by atoms with Gasteiger partial charge in [0.2, 0.25) is 5.82 Å². The number of aliphatic hydroxyl groups is 1. The first kappa shape index (κ1) is 26.1. The Bertz CT molecular complexity index is 939. The van der Waals surface area contributed by atoms with Crippen molar-refractivity contribution >= 4 is 29.0 Å². The Morgan fingerprint density at radius 3 is 1.70 bits per heavy atom. The number of nitro benzene ring substituents is 1. The second-order valence-corrected chi connectivity index (χ2v) is 4.98. The lowest BCUT2D eigenvalue weighted by molar-refractivity contribution is -0.387. The molecule has 0 saturated heterocycles. The van der Waals surface area contributed by atoms with Gasteiger partial charge in [0.1, 0.15) is 17.2 Å². The summed E-state index contributed by atoms with van der Waals surface area (Å²) in [6, 6.07) is 2.90. The molecule has 0 amide bonds. The third-order valence-electron chi connectivity index (χ3n) is 3.22. The third-order valence-corrected chi connectivity index (χ3v) is 3.22. The van der Waals surface area contributed by atoms with Crippen molar-refractivity contribution in [3.05, 3.63) is 63.0 Å². The molecule has 0 aromatic heterocycles. The molecule has 0 spiro atoms. The lowest BCUT2D eigenvalue weighted by Crippen LogP contribution is -2.07. The van der Waals surface area contributed by atoms with E-state index in [1.54, 1.807) is 0 Å². The molecule has 2 aromatic rings. The highest BCUT2D eigenvalue weighted by atomic mass is 19.1. The zero-order valence-corrected chi connectivity index (χ0v) is 15.9. The van der Waals surface area contributed by atoms with Crippen LogP contribution in [0.3, 0.4) is 0 Å². The van der Waals surface area contributed by atoms with Crippen LogP contribution in [0.4, 0.5) is 30.2 Å². The fourth-order valence-electron chi connectivity index (χ4n) is 1.82. The standard InChI is InChI=1S/C8H5F2NO4.C8H9FN2O2.CH4O/c1-15-8(12)4-2-7(11(13)14)6(10)3-5(4)9;1-13-8(12)4-2-6(10)7(11)3-5(4)9;1-2/h2-3H,1H3;2-3H,10-11H2,1H3;2H,1H3. The van der Waals surface area contributed by atoms with Crippen molar-refractivity contribution in [2.24, 2.45) is 0 Å². The minimum absolute atomic E-state index is 0.102. The second kappa shape index (κ2) is 11.9. The number of nitrogens with two attached hydrogens (primary N) is 2. The molecule has 2 rings (SSSR count). The van der Waals surface area contributed by atoms with Gasteiger partial charge >= 0.3 is 17.6 Å². The van der Waals surface area contributed by atoms with Crippen molar-refractivity contribution < 1.29 is 42.3 Å². The van der Waals surface area contributed by atoms with Gasteiger partial charge in [0, 0.05) is 19.2 Å². The number of hydrogen-bond acceptors (Lipinski definition) is 9. The van der Waals surface area contributed by atoms with Gasteiger partial charge in [0.15, 0.2) is 0 Å². The van der Waals surface area contributed by atoms with Crippen LogP contribution in [0.2, 0.25) is 0 Å². The van der Waals surface area contributed by atoms with Crippen LogP contribution in [-0.2, 0) is 9.47 Å². The Balaban J connectivity index is 0.000000522. The average Bonchev–Trinajstić information content (AvgIpc) is 2.71. The Morgan fingerprint density at radius 1 is 0.867 bits per heavy atom. The van der Waals surface area contributed by atoms with E-state index in [1.807, 2.05) is 0 Å². The van der Waals surface area contributed by atoms with E-state index < -0.39 is 45.6 Å². The second-order valence-electron chi connectivity index (χ2n) is 4.98. The molecule has 164 valence electrons. The van der Waals surface area contributed by atoms with Crippen LogP contribution in [0.5, 0.6) is 0 Å². The zero-order chi connectivity index (χ0) is 23.6. The van der Waals surface area contributed by atoms with Gasteiger partial charge in [-0.1, -0.05) is 0 Å². The number of rotatable bonds is 3. The SMILES string of the molecule is CO.COC(=O)c1cc(N)c(N)cc1F.COC(=O)c1cc([N+](=O)[O-])c(F)cc1F. The number of halogens is 3. The molecule has 0 fully saturated rings. The molecule has 0 aliphatic rings. The Kier molecular flexibility index (Phi) is 10.3. The minimum Gasteiger partial charge on any atom is -0.465 e. The van der Waals surface area contributed by atoms with Crippen LogP contribution < -0.4 is 11.5 Å². The third kappa shape index (κ3) is 6.63. The number of carbonyl (C=O) groups excluding carboxylic acids is 2. The number of nitrogen functional groups attached to an aromatic ring is 2. The summed E-state index contributed by atoms with van der Waals surface area (Å²) in [7, 11) is 3.14. The van der Waals surface area contributed by atoms with E-state index in [2.05, 4.69) is 9.47 Å². The Morgan fingerprint density at radius 2 is 1.27 bits per heavy atom. The van der Waals surface area contributed by atoms with Crippen LogP contribution >= 0.6 is 0 Å². The fourth-order valence-corrected chi connectivity index (χ4v) is 1.82. The molecule has 0 saturated carbocycles. The number of nitrogens with zero attached hydrogens (tertiary/aromatic N) is 1. The van der Waals surface area contributed by atoms with Crippen LogP contribution in [0.25, 0.3) is 0 Å². The zero-order valence-electron chi connectivity index (χ0n) is 15.9. The molecule has 0 unspecified atom stereocenters. The van der Waals surface area contributed by atoms with Crippen molar-refractivity contribution in [3.8, 4) is 0 Å². The number of benzene rings is 2. The summed E-state index contributed by atoms with van der Waals surface area (Å²) in [4.78, 5) is 31.1. The summed E-state index contributed by atoms with van der Waals surface area (Å²) in [6.45, 7) is 0. The lowest BCUT2D eigenvalue weighted by Gasteiger charge is -2.04. The van der Waals surface area contributed by atoms with Gasteiger partial charge in [-0.3, -0.25) is 10.1 Å². The number of methoxy groups -OCH3 is 2. The molecule has 0 bridgehead atoms. The number of hydrogen-bond donors (Lipinski definition) is 3. The molecule has 0 radical (unpaired) electrons. The fraction of sp³-hybridized carbons (Fsp3) is 0.176. The smallest absolute Gasteiger partial charge is 0.341 e. The predicted octanol–water partition coefficient (Wildman–Crippen LogP) is 2.04. The van der Waals surface area contributed by atoms with Gasteiger partial charge < -0.3 is 26.0 Å². The van der Waals surface area contributed by atoms with Crippen LogP contribution in [0.15, 0.2) is 24.3 Å². The van der Waals surface area contributed by atoms with Gasteiger partial charge in [0.05, 0.1) is 36.1 Å². The summed E-state index contributed by atoms with van der Waals surface area (Å²) in [5.74, 6) is -5.16.